The highest BCUT2D eigenvalue weighted by Crippen LogP contribution is 2.30. The number of halogens is 2. The standard InChI is InChI=1S/C32H45F2N9O2/c1-22(31(44)42-14-10-24(11-15-42)40-12-8-23(9-13-40)21-39(2)3)35-32-37-27(41-16-18-45-19-17-41)20-28(38-32)43-26-7-5-4-6-25(26)36-30(43)29(33)34/h4-7,20,22-24,29H,8-19,21H2,1-3H3,(H,35,37,38)/t22-/m0/s1. The molecule has 0 radical (unpaired) electrons. The van der Waals surface area contributed by atoms with Crippen LogP contribution in [0.15, 0.2) is 30.3 Å². The molecule has 13 heteroatoms. The van der Waals surface area contributed by atoms with E-state index >= 15 is 0 Å². The third-order valence-corrected chi connectivity index (χ3v) is 9.33. The fourth-order valence-corrected chi connectivity index (χ4v) is 6.99. The number of para-hydroxylation sites is 2. The molecule has 11 nitrogen and oxygen atoms in total. The van der Waals surface area contributed by atoms with Crippen molar-refractivity contribution in [3.8, 4) is 5.82 Å². The zero-order chi connectivity index (χ0) is 31.5. The van der Waals surface area contributed by atoms with E-state index in [9.17, 15) is 13.6 Å². The highest BCUT2D eigenvalue weighted by Gasteiger charge is 2.32. The van der Waals surface area contributed by atoms with Gasteiger partial charge in [-0.1, -0.05) is 12.1 Å². The SMILES string of the molecule is C[C@H](Nc1nc(N2CCOCC2)cc(-n2c(C(F)F)nc3ccccc32)n1)C(=O)N1CCC(N2CCC(CN(C)C)CC2)CC1. The van der Waals surface area contributed by atoms with Gasteiger partial charge in [-0.25, -0.2) is 13.8 Å². The molecule has 3 saturated heterocycles. The number of hydrogen-bond acceptors (Lipinski definition) is 9. The van der Waals surface area contributed by atoms with Crippen molar-refractivity contribution < 1.29 is 18.3 Å². The molecule has 3 aliphatic rings. The largest absolute Gasteiger partial charge is 0.378 e. The first-order valence-electron chi connectivity index (χ1n) is 16.2. The molecule has 1 N–H and O–H groups in total. The molecule has 2 aromatic heterocycles. The van der Waals surface area contributed by atoms with Crippen LogP contribution in [0.2, 0.25) is 0 Å². The fourth-order valence-electron chi connectivity index (χ4n) is 6.99. The average molecular weight is 626 g/mol. The number of morpholine rings is 1. The molecular formula is C32H45F2N9O2. The van der Waals surface area contributed by atoms with E-state index < -0.39 is 12.5 Å². The van der Waals surface area contributed by atoms with E-state index in [0.717, 1.165) is 38.4 Å². The molecule has 0 bridgehead atoms. The topological polar surface area (TPSA) is 94.9 Å². The average Bonchev–Trinajstić information content (AvgIpc) is 3.45. The maximum atomic E-state index is 14.2. The Labute approximate surface area is 263 Å². The highest BCUT2D eigenvalue weighted by molar-refractivity contribution is 5.84. The van der Waals surface area contributed by atoms with E-state index in [2.05, 4.69) is 39.2 Å². The number of rotatable bonds is 9. The number of anilines is 2. The molecule has 0 saturated carbocycles. The Bertz CT molecular complexity index is 1450. The number of carbonyl (C=O) groups is 1. The van der Waals surface area contributed by atoms with Gasteiger partial charge in [0.2, 0.25) is 11.9 Å². The van der Waals surface area contributed by atoms with Gasteiger partial charge in [0.05, 0.1) is 24.2 Å². The van der Waals surface area contributed by atoms with Crippen LogP contribution in [0, 0.1) is 5.92 Å². The first-order chi connectivity index (χ1) is 21.8. The maximum Gasteiger partial charge on any atom is 0.296 e. The predicted octanol–water partition coefficient (Wildman–Crippen LogP) is 3.65. The molecule has 5 heterocycles. The number of fused-ring (bicyclic) bond motifs is 1. The van der Waals surface area contributed by atoms with Crippen molar-refractivity contribution in [3.05, 3.63) is 36.2 Å². The van der Waals surface area contributed by atoms with Crippen LogP contribution in [0.4, 0.5) is 20.5 Å². The van der Waals surface area contributed by atoms with Crippen LogP contribution in [0.3, 0.4) is 0 Å². The summed E-state index contributed by atoms with van der Waals surface area (Å²) in [6.45, 7) is 8.95. The second-order valence-corrected chi connectivity index (χ2v) is 12.8. The van der Waals surface area contributed by atoms with Crippen molar-refractivity contribution in [2.45, 2.75) is 51.1 Å². The summed E-state index contributed by atoms with van der Waals surface area (Å²) in [6.07, 6.45) is 1.60. The molecule has 6 rings (SSSR count). The van der Waals surface area contributed by atoms with Gasteiger partial charge in [-0.3, -0.25) is 9.36 Å². The highest BCUT2D eigenvalue weighted by atomic mass is 19.3. The Hall–Kier alpha value is -3.42. The summed E-state index contributed by atoms with van der Waals surface area (Å²) >= 11 is 0. The Morgan fingerprint density at radius 1 is 0.978 bits per heavy atom. The Morgan fingerprint density at radius 2 is 1.67 bits per heavy atom. The van der Waals surface area contributed by atoms with E-state index in [4.69, 9.17) is 9.72 Å². The number of alkyl halides is 2. The van der Waals surface area contributed by atoms with Crippen LogP contribution in [0.25, 0.3) is 16.9 Å². The molecule has 3 aliphatic heterocycles. The first kappa shape index (κ1) is 31.6. The molecule has 0 unspecified atom stereocenters. The van der Waals surface area contributed by atoms with Crippen molar-refractivity contribution >= 4 is 28.7 Å². The van der Waals surface area contributed by atoms with Crippen LogP contribution in [-0.4, -0.2) is 125 Å². The van der Waals surface area contributed by atoms with Crippen molar-refractivity contribution in [3.63, 3.8) is 0 Å². The number of likely N-dealkylation sites (tertiary alicyclic amines) is 2. The summed E-state index contributed by atoms with van der Waals surface area (Å²) in [5, 5.41) is 3.21. The minimum absolute atomic E-state index is 0.0126. The number of aromatic nitrogens is 4. The molecular weight excluding hydrogens is 580 g/mol. The fraction of sp³-hybridized carbons (Fsp3) is 0.625. The third kappa shape index (κ3) is 7.20. The first-order valence-corrected chi connectivity index (χ1v) is 16.2. The van der Waals surface area contributed by atoms with Gasteiger partial charge in [0.25, 0.3) is 6.43 Å². The van der Waals surface area contributed by atoms with Gasteiger partial charge in [0.1, 0.15) is 17.7 Å². The van der Waals surface area contributed by atoms with E-state index in [1.54, 1.807) is 30.3 Å². The quantitative estimate of drug-likeness (QED) is 0.383. The summed E-state index contributed by atoms with van der Waals surface area (Å²) in [4.78, 5) is 36.1. The van der Waals surface area contributed by atoms with E-state index in [-0.39, 0.29) is 23.5 Å². The Morgan fingerprint density at radius 3 is 2.36 bits per heavy atom. The maximum absolute atomic E-state index is 14.2. The van der Waals surface area contributed by atoms with Gasteiger partial charge in [-0.05, 0) is 77.8 Å². The minimum Gasteiger partial charge on any atom is -0.378 e. The summed E-state index contributed by atoms with van der Waals surface area (Å²) in [6, 6.07) is 8.64. The van der Waals surface area contributed by atoms with Crippen molar-refractivity contribution in [1.82, 2.24) is 34.2 Å². The van der Waals surface area contributed by atoms with Crippen molar-refractivity contribution in [2.24, 2.45) is 5.92 Å². The van der Waals surface area contributed by atoms with Crippen LogP contribution in [0.5, 0.6) is 0 Å². The van der Waals surface area contributed by atoms with Gasteiger partial charge in [-0.2, -0.15) is 9.97 Å². The lowest BCUT2D eigenvalue weighted by Crippen LogP contribution is -2.51. The van der Waals surface area contributed by atoms with Gasteiger partial charge < -0.3 is 29.7 Å². The molecule has 3 aromatic rings. The molecule has 3 fully saturated rings. The van der Waals surface area contributed by atoms with Gasteiger partial charge in [0, 0.05) is 44.8 Å². The number of amides is 1. The molecule has 0 aliphatic carbocycles. The Kier molecular flexibility index (Phi) is 9.76. The lowest BCUT2D eigenvalue weighted by atomic mass is 9.93. The number of nitrogens with one attached hydrogen (secondary N) is 1. The van der Waals surface area contributed by atoms with Crippen LogP contribution in [-0.2, 0) is 9.53 Å². The van der Waals surface area contributed by atoms with Gasteiger partial charge >= 0.3 is 0 Å². The number of benzene rings is 1. The van der Waals surface area contributed by atoms with Gasteiger partial charge in [0.15, 0.2) is 5.82 Å². The summed E-state index contributed by atoms with van der Waals surface area (Å²) in [7, 11) is 4.29. The normalized spacial score (nSPS) is 20.0. The van der Waals surface area contributed by atoms with Crippen LogP contribution < -0.4 is 10.2 Å². The lowest BCUT2D eigenvalue weighted by molar-refractivity contribution is -0.133. The van der Waals surface area contributed by atoms with E-state index in [1.807, 2.05) is 16.7 Å². The molecule has 1 amide bonds. The zero-order valence-corrected chi connectivity index (χ0v) is 26.5. The molecule has 1 atom stereocenters. The monoisotopic (exact) mass is 625 g/mol. The number of piperidine rings is 2. The van der Waals surface area contributed by atoms with E-state index in [0.29, 0.717) is 62.3 Å². The zero-order valence-electron chi connectivity index (χ0n) is 26.5. The predicted molar refractivity (Wildman–Crippen MR) is 170 cm³/mol. The second-order valence-electron chi connectivity index (χ2n) is 12.8. The molecule has 1 aromatic carbocycles. The van der Waals surface area contributed by atoms with Crippen molar-refractivity contribution in [2.75, 3.05) is 83.3 Å². The minimum atomic E-state index is -2.80. The molecule has 0 spiro atoms. The summed E-state index contributed by atoms with van der Waals surface area (Å²) in [5.74, 6) is 1.43. The number of hydrogen-bond donors (Lipinski definition) is 1. The third-order valence-electron chi connectivity index (χ3n) is 9.33. The van der Waals surface area contributed by atoms with Crippen LogP contribution >= 0.6 is 0 Å². The number of carbonyl (C=O) groups excluding carboxylic acids is 1. The lowest BCUT2D eigenvalue weighted by Gasteiger charge is -2.42. The number of imidazole rings is 1. The smallest absolute Gasteiger partial charge is 0.296 e. The van der Waals surface area contributed by atoms with Crippen LogP contribution in [0.1, 0.15) is 44.9 Å². The van der Waals surface area contributed by atoms with Gasteiger partial charge in [-0.15, -0.1) is 0 Å². The number of ether oxygens (including phenoxy) is 1. The Balaban J connectivity index is 1.16. The van der Waals surface area contributed by atoms with Crippen molar-refractivity contribution in [1.29, 1.82) is 0 Å². The summed E-state index contributed by atoms with van der Waals surface area (Å²) < 4.78 is 35.3. The summed E-state index contributed by atoms with van der Waals surface area (Å²) in [5.41, 5.74) is 0.984. The van der Waals surface area contributed by atoms with E-state index in [1.165, 1.54) is 17.4 Å². The molecule has 45 heavy (non-hydrogen) atoms. The number of nitrogens with zero attached hydrogens (tertiary/aromatic N) is 8. The molecule has 244 valence electrons. The second kappa shape index (κ2) is 13.9.